The topological polar surface area (TPSA) is 89.4 Å². The average Bonchev–Trinajstić information content (AvgIpc) is 2.95. The van der Waals surface area contributed by atoms with Crippen molar-refractivity contribution in [2.45, 2.75) is 31.0 Å². The Morgan fingerprint density at radius 3 is 2.91 bits per heavy atom. The van der Waals surface area contributed by atoms with E-state index in [0.717, 1.165) is 18.4 Å². The first kappa shape index (κ1) is 15.9. The van der Waals surface area contributed by atoms with Gasteiger partial charge in [0.05, 0.1) is 11.7 Å². The van der Waals surface area contributed by atoms with Gasteiger partial charge in [-0.1, -0.05) is 23.9 Å². The Morgan fingerprint density at radius 1 is 1.39 bits per heavy atom. The lowest BCUT2D eigenvalue weighted by molar-refractivity contribution is -0.135. The normalized spacial score (nSPS) is 21.5. The molecule has 2 amide bonds. The first-order chi connectivity index (χ1) is 11.0. The van der Waals surface area contributed by atoms with Gasteiger partial charge < -0.3 is 15.1 Å². The van der Waals surface area contributed by atoms with E-state index >= 15 is 0 Å². The van der Waals surface area contributed by atoms with Crippen molar-refractivity contribution in [1.82, 2.24) is 9.88 Å². The molecule has 122 valence electrons. The molecule has 0 aliphatic carbocycles. The summed E-state index contributed by atoms with van der Waals surface area (Å²) in [5, 5.41) is 0.482. The van der Waals surface area contributed by atoms with E-state index in [-0.39, 0.29) is 29.5 Å². The number of likely N-dealkylation sites (tertiary alicyclic amines) is 1. The molecule has 0 spiro atoms. The Balaban J connectivity index is 1.62. The number of carbonyl (C=O) groups is 2. The highest BCUT2D eigenvalue weighted by molar-refractivity contribution is 7.99. The van der Waals surface area contributed by atoms with Crippen molar-refractivity contribution in [3.63, 3.8) is 0 Å². The maximum Gasteiger partial charge on any atom is 0.257 e. The van der Waals surface area contributed by atoms with Gasteiger partial charge in [-0.3, -0.25) is 9.59 Å². The fraction of sp³-hybridized carbons (Fsp3) is 0.438. The SMILES string of the molecule is CC1CCC(C(N)=O)CN1C(=O)CSc1nc2ccccc2o1. The lowest BCUT2D eigenvalue weighted by Gasteiger charge is -2.36. The van der Waals surface area contributed by atoms with Gasteiger partial charge in [0.2, 0.25) is 11.8 Å². The number of rotatable bonds is 4. The molecule has 1 fully saturated rings. The highest BCUT2D eigenvalue weighted by atomic mass is 32.2. The third kappa shape index (κ3) is 3.50. The van der Waals surface area contributed by atoms with Crippen molar-refractivity contribution in [2.24, 2.45) is 11.7 Å². The summed E-state index contributed by atoms with van der Waals surface area (Å²) < 4.78 is 5.60. The molecule has 2 aromatic rings. The van der Waals surface area contributed by atoms with Crippen LogP contribution in [0.15, 0.2) is 33.9 Å². The van der Waals surface area contributed by atoms with Gasteiger partial charge in [0, 0.05) is 12.6 Å². The summed E-state index contributed by atoms with van der Waals surface area (Å²) in [4.78, 5) is 29.9. The Kier molecular flexibility index (Phi) is 4.56. The fourth-order valence-corrected chi connectivity index (χ4v) is 3.53. The van der Waals surface area contributed by atoms with Gasteiger partial charge in [0.1, 0.15) is 5.52 Å². The van der Waals surface area contributed by atoms with Gasteiger partial charge in [-0.25, -0.2) is 4.98 Å². The second-order valence-corrected chi connectivity index (χ2v) is 6.73. The number of benzene rings is 1. The number of primary amides is 1. The van der Waals surface area contributed by atoms with E-state index in [9.17, 15) is 9.59 Å². The highest BCUT2D eigenvalue weighted by Crippen LogP contribution is 2.26. The first-order valence-electron chi connectivity index (χ1n) is 7.61. The van der Waals surface area contributed by atoms with Gasteiger partial charge in [-0.2, -0.15) is 0 Å². The second kappa shape index (κ2) is 6.62. The number of carbonyl (C=O) groups excluding carboxylic acids is 2. The third-order valence-corrected chi connectivity index (χ3v) is 5.01. The number of fused-ring (bicyclic) bond motifs is 1. The molecule has 2 N–H and O–H groups in total. The van der Waals surface area contributed by atoms with E-state index in [4.69, 9.17) is 10.2 Å². The van der Waals surface area contributed by atoms with Crippen LogP contribution >= 0.6 is 11.8 Å². The fourth-order valence-electron chi connectivity index (χ4n) is 2.81. The summed E-state index contributed by atoms with van der Waals surface area (Å²) in [5.41, 5.74) is 6.87. The maximum absolute atomic E-state index is 12.4. The van der Waals surface area contributed by atoms with Crippen LogP contribution in [0.2, 0.25) is 0 Å². The molecule has 0 bridgehead atoms. The van der Waals surface area contributed by atoms with Crippen molar-refractivity contribution in [3.05, 3.63) is 24.3 Å². The summed E-state index contributed by atoms with van der Waals surface area (Å²) >= 11 is 1.27. The largest absolute Gasteiger partial charge is 0.431 e. The summed E-state index contributed by atoms with van der Waals surface area (Å²) in [6, 6.07) is 7.62. The molecule has 1 aromatic carbocycles. The quantitative estimate of drug-likeness (QED) is 0.865. The van der Waals surface area contributed by atoms with Crippen LogP contribution in [0.3, 0.4) is 0 Å². The number of oxazole rings is 1. The Labute approximate surface area is 138 Å². The summed E-state index contributed by atoms with van der Waals surface area (Å²) in [5.74, 6) is -0.357. The number of hydrogen-bond acceptors (Lipinski definition) is 5. The molecule has 3 rings (SSSR count). The van der Waals surface area contributed by atoms with Gasteiger partial charge in [0.15, 0.2) is 5.58 Å². The number of piperidine rings is 1. The lowest BCUT2D eigenvalue weighted by Crippen LogP contribution is -2.49. The summed E-state index contributed by atoms with van der Waals surface area (Å²) in [6.07, 6.45) is 1.55. The van der Waals surface area contributed by atoms with Gasteiger partial charge in [0.25, 0.3) is 5.22 Å². The number of hydrogen-bond donors (Lipinski definition) is 1. The van der Waals surface area contributed by atoms with Gasteiger partial charge in [-0.15, -0.1) is 0 Å². The van der Waals surface area contributed by atoms with E-state index in [0.29, 0.717) is 17.4 Å². The van der Waals surface area contributed by atoms with E-state index in [1.165, 1.54) is 11.8 Å². The number of para-hydroxylation sites is 2. The van der Waals surface area contributed by atoms with Crippen molar-refractivity contribution < 1.29 is 14.0 Å². The van der Waals surface area contributed by atoms with Crippen LogP contribution in [0, 0.1) is 5.92 Å². The van der Waals surface area contributed by atoms with Crippen LogP contribution in [0.25, 0.3) is 11.1 Å². The van der Waals surface area contributed by atoms with Gasteiger partial charge >= 0.3 is 0 Å². The minimum atomic E-state index is -0.332. The van der Waals surface area contributed by atoms with Crippen LogP contribution in [0.1, 0.15) is 19.8 Å². The second-order valence-electron chi connectivity index (χ2n) is 5.81. The smallest absolute Gasteiger partial charge is 0.257 e. The minimum Gasteiger partial charge on any atom is -0.431 e. The lowest BCUT2D eigenvalue weighted by atomic mass is 9.93. The zero-order chi connectivity index (χ0) is 16.4. The number of nitrogens with two attached hydrogens (primary N) is 1. The molecule has 2 atom stereocenters. The highest BCUT2D eigenvalue weighted by Gasteiger charge is 2.31. The van der Waals surface area contributed by atoms with Crippen LogP contribution in [0.5, 0.6) is 0 Å². The predicted molar refractivity (Wildman–Crippen MR) is 87.8 cm³/mol. The Morgan fingerprint density at radius 2 is 2.17 bits per heavy atom. The monoisotopic (exact) mass is 333 g/mol. The molecule has 1 aliphatic heterocycles. The predicted octanol–water partition coefficient (Wildman–Crippen LogP) is 2.03. The molecular weight excluding hydrogens is 314 g/mol. The van der Waals surface area contributed by atoms with Crippen LogP contribution in [-0.4, -0.2) is 40.0 Å². The van der Waals surface area contributed by atoms with Crippen LogP contribution < -0.4 is 5.73 Å². The molecule has 1 aliphatic rings. The molecule has 1 aromatic heterocycles. The van der Waals surface area contributed by atoms with Crippen molar-refractivity contribution in [3.8, 4) is 0 Å². The molecule has 0 saturated carbocycles. The van der Waals surface area contributed by atoms with Crippen LogP contribution in [0.4, 0.5) is 0 Å². The standard InChI is InChI=1S/C16H19N3O3S/c1-10-6-7-11(15(17)21)8-19(10)14(20)9-23-16-18-12-4-2-3-5-13(12)22-16/h2-5,10-11H,6-9H2,1H3,(H2,17,21). The van der Waals surface area contributed by atoms with E-state index in [2.05, 4.69) is 4.98 Å². The average molecular weight is 333 g/mol. The number of amides is 2. The molecule has 2 unspecified atom stereocenters. The maximum atomic E-state index is 12.4. The number of thioether (sulfide) groups is 1. The molecule has 23 heavy (non-hydrogen) atoms. The number of nitrogens with zero attached hydrogens (tertiary/aromatic N) is 2. The molecule has 7 heteroatoms. The summed E-state index contributed by atoms with van der Waals surface area (Å²) in [7, 11) is 0. The number of aromatic nitrogens is 1. The molecule has 2 heterocycles. The molecule has 1 saturated heterocycles. The Bertz CT molecular complexity index is 697. The van der Waals surface area contributed by atoms with E-state index < -0.39 is 0 Å². The van der Waals surface area contributed by atoms with Crippen molar-refractivity contribution >= 4 is 34.7 Å². The molecule has 0 radical (unpaired) electrons. The van der Waals surface area contributed by atoms with Gasteiger partial charge in [-0.05, 0) is 31.9 Å². The van der Waals surface area contributed by atoms with E-state index in [1.807, 2.05) is 31.2 Å². The summed E-state index contributed by atoms with van der Waals surface area (Å²) in [6.45, 7) is 2.41. The van der Waals surface area contributed by atoms with Crippen molar-refractivity contribution in [1.29, 1.82) is 0 Å². The van der Waals surface area contributed by atoms with Crippen molar-refractivity contribution in [2.75, 3.05) is 12.3 Å². The zero-order valence-electron chi connectivity index (χ0n) is 12.9. The minimum absolute atomic E-state index is 0.0179. The Hall–Kier alpha value is -2.02. The van der Waals surface area contributed by atoms with Crippen LogP contribution in [-0.2, 0) is 9.59 Å². The van der Waals surface area contributed by atoms with E-state index in [1.54, 1.807) is 4.90 Å². The zero-order valence-corrected chi connectivity index (χ0v) is 13.7. The molecule has 6 nitrogen and oxygen atoms in total. The molecular formula is C16H19N3O3S. The first-order valence-corrected chi connectivity index (χ1v) is 8.60. The third-order valence-electron chi connectivity index (χ3n) is 4.20.